The SMILES string of the molecule is O=C(CCSc1ccccc1)N1CCC(c2nnc(C(F)(F)F)o2)CC1. The molecule has 1 aliphatic rings. The van der Waals surface area contributed by atoms with Gasteiger partial charge in [0.2, 0.25) is 11.8 Å². The summed E-state index contributed by atoms with van der Waals surface area (Å²) >= 11 is 1.63. The average molecular weight is 385 g/mol. The predicted octanol–water partition coefficient (Wildman–Crippen LogP) is 3.98. The highest BCUT2D eigenvalue weighted by Crippen LogP contribution is 2.32. The van der Waals surface area contributed by atoms with E-state index in [9.17, 15) is 18.0 Å². The third-order valence-electron chi connectivity index (χ3n) is 4.21. The molecule has 1 aromatic carbocycles. The van der Waals surface area contributed by atoms with Gasteiger partial charge in [-0.3, -0.25) is 4.79 Å². The zero-order valence-corrected chi connectivity index (χ0v) is 14.7. The molecular formula is C17H18F3N3O2S. The largest absolute Gasteiger partial charge is 0.470 e. The van der Waals surface area contributed by atoms with Gasteiger partial charge in [0.25, 0.3) is 0 Å². The van der Waals surface area contributed by atoms with Gasteiger partial charge in [-0.05, 0) is 25.0 Å². The fraction of sp³-hybridized carbons (Fsp3) is 0.471. The molecule has 0 radical (unpaired) electrons. The molecule has 1 fully saturated rings. The van der Waals surface area contributed by atoms with E-state index in [1.807, 2.05) is 30.3 Å². The number of piperidine rings is 1. The zero-order valence-electron chi connectivity index (χ0n) is 13.9. The molecule has 0 atom stereocenters. The topological polar surface area (TPSA) is 59.2 Å². The maximum absolute atomic E-state index is 12.5. The van der Waals surface area contributed by atoms with E-state index in [4.69, 9.17) is 4.42 Å². The van der Waals surface area contributed by atoms with Crippen LogP contribution in [-0.2, 0) is 11.0 Å². The summed E-state index contributed by atoms with van der Waals surface area (Å²) in [4.78, 5) is 15.2. The van der Waals surface area contributed by atoms with Crippen LogP contribution < -0.4 is 0 Å². The van der Waals surface area contributed by atoms with Crippen LogP contribution in [0.15, 0.2) is 39.6 Å². The average Bonchev–Trinajstić information content (AvgIpc) is 3.13. The maximum Gasteiger partial charge on any atom is 0.470 e. The van der Waals surface area contributed by atoms with E-state index < -0.39 is 12.1 Å². The first-order valence-electron chi connectivity index (χ1n) is 8.29. The van der Waals surface area contributed by atoms with Gasteiger partial charge in [0.1, 0.15) is 0 Å². The van der Waals surface area contributed by atoms with Crippen molar-refractivity contribution in [3.63, 3.8) is 0 Å². The van der Waals surface area contributed by atoms with Gasteiger partial charge in [0, 0.05) is 36.1 Å². The number of halogens is 3. The van der Waals surface area contributed by atoms with Gasteiger partial charge >= 0.3 is 12.1 Å². The molecule has 0 aliphatic carbocycles. The van der Waals surface area contributed by atoms with Crippen LogP contribution in [0.2, 0.25) is 0 Å². The Balaban J connectivity index is 1.44. The van der Waals surface area contributed by atoms with E-state index in [-0.39, 0.29) is 17.7 Å². The molecule has 1 aromatic heterocycles. The van der Waals surface area contributed by atoms with Crippen LogP contribution in [0.1, 0.15) is 37.0 Å². The minimum Gasteiger partial charge on any atom is -0.417 e. The van der Waals surface area contributed by atoms with Crippen LogP contribution in [0.25, 0.3) is 0 Å². The number of likely N-dealkylation sites (tertiary alicyclic amines) is 1. The number of rotatable bonds is 5. The summed E-state index contributed by atoms with van der Waals surface area (Å²) in [5.74, 6) is -0.788. The summed E-state index contributed by atoms with van der Waals surface area (Å²) in [5, 5.41) is 6.58. The molecule has 0 bridgehead atoms. The highest BCUT2D eigenvalue weighted by molar-refractivity contribution is 7.99. The molecule has 0 spiro atoms. The molecule has 0 N–H and O–H groups in total. The van der Waals surface area contributed by atoms with E-state index in [2.05, 4.69) is 10.2 Å². The summed E-state index contributed by atoms with van der Waals surface area (Å²) in [6.07, 6.45) is -3.14. The van der Waals surface area contributed by atoms with Crippen LogP contribution in [0.5, 0.6) is 0 Å². The fourth-order valence-electron chi connectivity index (χ4n) is 2.82. The van der Waals surface area contributed by atoms with Crippen molar-refractivity contribution in [3.05, 3.63) is 42.1 Å². The van der Waals surface area contributed by atoms with E-state index >= 15 is 0 Å². The van der Waals surface area contributed by atoms with Crippen molar-refractivity contribution >= 4 is 17.7 Å². The number of thioether (sulfide) groups is 1. The normalized spacial score (nSPS) is 16.0. The number of carbonyl (C=O) groups excluding carboxylic acids is 1. The Hall–Kier alpha value is -2.03. The van der Waals surface area contributed by atoms with Crippen molar-refractivity contribution in [3.8, 4) is 0 Å². The van der Waals surface area contributed by atoms with Gasteiger partial charge in [-0.2, -0.15) is 13.2 Å². The molecular weight excluding hydrogens is 367 g/mol. The molecule has 2 heterocycles. The van der Waals surface area contributed by atoms with E-state index in [1.165, 1.54) is 0 Å². The van der Waals surface area contributed by atoms with Gasteiger partial charge in [-0.15, -0.1) is 22.0 Å². The van der Waals surface area contributed by atoms with Crippen molar-refractivity contribution in [2.75, 3.05) is 18.8 Å². The minimum atomic E-state index is -4.63. The molecule has 1 saturated heterocycles. The number of aromatic nitrogens is 2. The smallest absolute Gasteiger partial charge is 0.417 e. The first kappa shape index (κ1) is 18.8. The molecule has 26 heavy (non-hydrogen) atoms. The number of carbonyl (C=O) groups is 1. The van der Waals surface area contributed by atoms with Gasteiger partial charge in [0.05, 0.1) is 0 Å². The Labute approximate surface area is 153 Å². The molecule has 2 aromatic rings. The third-order valence-corrected chi connectivity index (χ3v) is 5.22. The van der Waals surface area contributed by atoms with E-state index in [1.54, 1.807) is 16.7 Å². The van der Waals surface area contributed by atoms with Crippen LogP contribution in [0.3, 0.4) is 0 Å². The Morgan fingerprint density at radius 3 is 2.50 bits per heavy atom. The number of alkyl halides is 3. The summed E-state index contributed by atoms with van der Waals surface area (Å²) in [6, 6.07) is 9.86. The van der Waals surface area contributed by atoms with Crippen molar-refractivity contribution < 1.29 is 22.4 Å². The highest BCUT2D eigenvalue weighted by atomic mass is 32.2. The van der Waals surface area contributed by atoms with Crippen LogP contribution in [0.4, 0.5) is 13.2 Å². The molecule has 5 nitrogen and oxygen atoms in total. The number of benzene rings is 1. The van der Waals surface area contributed by atoms with Crippen molar-refractivity contribution in [2.45, 2.75) is 36.3 Å². The Morgan fingerprint density at radius 2 is 1.88 bits per heavy atom. The second-order valence-electron chi connectivity index (χ2n) is 6.01. The number of nitrogens with zero attached hydrogens (tertiary/aromatic N) is 3. The molecule has 1 amide bonds. The molecule has 0 saturated carbocycles. The molecule has 3 rings (SSSR count). The molecule has 1 aliphatic heterocycles. The lowest BCUT2D eigenvalue weighted by Crippen LogP contribution is -2.38. The lowest BCUT2D eigenvalue weighted by atomic mass is 9.96. The highest BCUT2D eigenvalue weighted by Gasteiger charge is 2.39. The lowest BCUT2D eigenvalue weighted by Gasteiger charge is -2.30. The molecule has 9 heteroatoms. The standard InChI is InChI=1S/C17H18F3N3O2S/c18-17(19,20)16-22-21-15(25-16)12-6-9-23(10-7-12)14(24)8-11-26-13-4-2-1-3-5-13/h1-5,12H,6-11H2. The maximum atomic E-state index is 12.5. The number of hydrogen-bond donors (Lipinski definition) is 0. The van der Waals surface area contributed by atoms with Crippen LogP contribution in [-0.4, -0.2) is 39.8 Å². The monoisotopic (exact) mass is 385 g/mol. The van der Waals surface area contributed by atoms with Gasteiger partial charge in [-0.25, -0.2) is 0 Å². The first-order valence-corrected chi connectivity index (χ1v) is 9.28. The quantitative estimate of drug-likeness (QED) is 0.729. The van der Waals surface area contributed by atoms with E-state index in [0.717, 1.165) is 4.90 Å². The second kappa shape index (κ2) is 8.11. The lowest BCUT2D eigenvalue weighted by molar-refractivity contribution is -0.157. The number of hydrogen-bond acceptors (Lipinski definition) is 5. The van der Waals surface area contributed by atoms with Gasteiger partial charge < -0.3 is 9.32 Å². The van der Waals surface area contributed by atoms with Crippen molar-refractivity contribution in [1.29, 1.82) is 0 Å². The Bertz CT molecular complexity index is 728. The zero-order chi connectivity index (χ0) is 18.6. The summed E-state index contributed by atoms with van der Waals surface area (Å²) in [7, 11) is 0. The van der Waals surface area contributed by atoms with Gasteiger partial charge in [0.15, 0.2) is 0 Å². The first-order chi connectivity index (χ1) is 12.4. The summed E-state index contributed by atoms with van der Waals surface area (Å²) < 4.78 is 42.3. The predicted molar refractivity (Wildman–Crippen MR) is 89.6 cm³/mol. The third kappa shape index (κ3) is 4.78. The minimum absolute atomic E-state index is 0.00376. The van der Waals surface area contributed by atoms with Crippen LogP contribution in [0, 0.1) is 0 Å². The van der Waals surface area contributed by atoms with Crippen LogP contribution >= 0.6 is 11.8 Å². The van der Waals surface area contributed by atoms with E-state index in [0.29, 0.717) is 38.1 Å². The van der Waals surface area contributed by atoms with Crippen molar-refractivity contribution in [1.82, 2.24) is 15.1 Å². The second-order valence-corrected chi connectivity index (χ2v) is 7.18. The Morgan fingerprint density at radius 1 is 1.19 bits per heavy atom. The summed E-state index contributed by atoms with van der Waals surface area (Å²) in [5.41, 5.74) is 0. The molecule has 140 valence electrons. The summed E-state index contributed by atoms with van der Waals surface area (Å²) in [6.45, 7) is 0.979. The Kier molecular flexibility index (Phi) is 5.85. The molecule has 0 unspecified atom stereocenters. The van der Waals surface area contributed by atoms with Crippen molar-refractivity contribution in [2.24, 2.45) is 0 Å². The number of amides is 1. The van der Waals surface area contributed by atoms with Gasteiger partial charge in [-0.1, -0.05) is 18.2 Å². The fourth-order valence-corrected chi connectivity index (χ4v) is 3.68.